The van der Waals surface area contributed by atoms with E-state index in [0.29, 0.717) is 11.5 Å². The number of anilines is 2. The first kappa shape index (κ1) is 17.7. The maximum Gasteiger partial charge on any atom is 0.162 e. The van der Waals surface area contributed by atoms with Gasteiger partial charge in [-0.25, -0.2) is 9.97 Å². The van der Waals surface area contributed by atoms with Gasteiger partial charge in [-0.2, -0.15) is 0 Å². The Labute approximate surface area is 163 Å². The highest BCUT2D eigenvalue weighted by molar-refractivity contribution is 6.33. The first-order valence-electron chi connectivity index (χ1n) is 8.82. The van der Waals surface area contributed by atoms with Gasteiger partial charge in [0.15, 0.2) is 11.5 Å². The molecule has 27 heavy (non-hydrogen) atoms. The van der Waals surface area contributed by atoms with Crippen LogP contribution in [0.1, 0.15) is 0 Å². The van der Waals surface area contributed by atoms with Crippen molar-refractivity contribution in [3.63, 3.8) is 0 Å². The van der Waals surface area contributed by atoms with Crippen molar-refractivity contribution in [1.82, 2.24) is 9.97 Å². The number of piperazine rings is 1. The molecule has 0 unspecified atom stereocenters. The van der Waals surface area contributed by atoms with Gasteiger partial charge in [-0.05, 0) is 18.2 Å². The van der Waals surface area contributed by atoms with E-state index in [-0.39, 0.29) is 0 Å². The molecule has 0 spiro atoms. The minimum absolute atomic E-state index is 0.665. The van der Waals surface area contributed by atoms with E-state index in [1.54, 1.807) is 20.5 Å². The van der Waals surface area contributed by atoms with Crippen molar-refractivity contribution in [2.45, 2.75) is 0 Å². The fourth-order valence-corrected chi connectivity index (χ4v) is 3.74. The maximum absolute atomic E-state index is 6.35. The van der Waals surface area contributed by atoms with Crippen molar-refractivity contribution in [2.24, 2.45) is 0 Å². The Morgan fingerprint density at radius 1 is 0.889 bits per heavy atom. The van der Waals surface area contributed by atoms with Crippen LogP contribution in [0.2, 0.25) is 5.02 Å². The molecule has 1 aliphatic rings. The molecule has 1 aromatic heterocycles. The molecule has 1 aliphatic heterocycles. The summed E-state index contributed by atoms with van der Waals surface area (Å²) in [5.41, 5.74) is 1.92. The molecule has 0 atom stereocenters. The van der Waals surface area contributed by atoms with E-state index in [0.717, 1.165) is 53.6 Å². The number of hydrogen-bond acceptors (Lipinski definition) is 6. The molecule has 0 radical (unpaired) electrons. The second kappa shape index (κ2) is 7.48. The van der Waals surface area contributed by atoms with Gasteiger partial charge < -0.3 is 19.3 Å². The summed E-state index contributed by atoms with van der Waals surface area (Å²) in [6.07, 6.45) is 1.60. The molecule has 0 bridgehead atoms. The summed E-state index contributed by atoms with van der Waals surface area (Å²) in [7, 11) is 3.26. The van der Waals surface area contributed by atoms with Crippen molar-refractivity contribution in [3.8, 4) is 11.5 Å². The number of para-hydroxylation sites is 1. The summed E-state index contributed by atoms with van der Waals surface area (Å²) in [6, 6.07) is 11.8. The highest BCUT2D eigenvalue weighted by Gasteiger charge is 2.22. The number of halogens is 1. The Morgan fingerprint density at radius 2 is 1.56 bits per heavy atom. The van der Waals surface area contributed by atoms with Crippen LogP contribution in [0.3, 0.4) is 0 Å². The zero-order valence-electron chi connectivity index (χ0n) is 15.4. The van der Waals surface area contributed by atoms with Crippen molar-refractivity contribution in [1.29, 1.82) is 0 Å². The number of nitrogens with zero attached hydrogens (tertiary/aromatic N) is 4. The summed E-state index contributed by atoms with van der Waals surface area (Å²) in [5.74, 6) is 2.26. The van der Waals surface area contributed by atoms with Gasteiger partial charge in [-0.15, -0.1) is 0 Å². The summed E-state index contributed by atoms with van der Waals surface area (Å²) in [4.78, 5) is 13.5. The highest BCUT2D eigenvalue weighted by atomic mass is 35.5. The molecule has 3 aromatic rings. The van der Waals surface area contributed by atoms with Gasteiger partial charge >= 0.3 is 0 Å². The van der Waals surface area contributed by atoms with Crippen molar-refractivity contribution in [3.05, 3.63) is 47.7 Å². The molecule has 1 fully saturated rings. The second-order valence-electron chi connectivity index (χ2n) is 6.35. The molecule has 4 rings (SSSR count). The molecule has 0 amide bonds. The SMILES string of the molecule is COc1cc2ncnc(N3CCN(c4ccccc4Cl)CC3)c2cc1OC. The Bertz CT molecular complexity index is 958. The summed E-state index contributed by atoms with van der Waals surface area (Å²) in [6.45, 7) is 3.46. The fraction of sp³-hybridized carbons (Fsp3) is 0.300. The number of benzene rings is 2. The number of methoxy groups -OCH3 is 2. The molecule has 1 saturated heterocycles. The zero-order valence-corrected chi connectivity index (χ0v) is 16.1. The molecule has 0 N–H and O–H groups in total. The lowest BCUT2D eigenvalue weighted by Gasteiger charge is -2.37. The van der Waals surface area contributed by atoms with Gasteiger partial charge in [-0.1, -0.05) is 23.7 Å². The first-order chi connectivity index (χ1) is 13.2. The average Bonchev–Trinajstić information content (AvgIpc) is 2.72. The predicted octanol–water partition coefficient (Wildman–Crippen LogP) is 3.63. The van der Waals surface area contributed by atoms with Crippen LogP contribution in [0.15, 0.2) is 42.7 Å². The van der Waals surface area contributed by atoms with Crippen LogP contribution >= 0.6 is 11.6 Å². The Kier molecular flexibility index (Phi) is 4.90. The molecular formula is C20H21ClN4O2. The van der Waals surface area contributed by atoms with E-state index in [2.05, 4.69) is 25.8 Å². The zero-order chi connectivity index (χ0) is 18.8. The summed E-state index contributed by atoms with van der Waals surface area (Å²) >= 11 is 6.35. The number of hydrogen-bond donors (Lipinski definition) is 0. The quantitative estimate of drug-likeness (QED) is 0.684. The molecule has 2 heterocycles. The fourth-order valence-electron chi connectivity index (χ4n) is 3.49. The molecular weight excluding hydrogens is 364 g/mol. The standard InChI is InChI=1S/C20H21ClN4O2/c1-26-18-11-14-16(12-19(18)27-2)22-13-23-20(14)25-9-7-24(8-10-25)17-6-4-3-5-15(17)21/h3-6,11-13H,7-10H2,1-2H3. The molecule has 140 valence electrons. The van der Waals surface area contributed by atoms with E-state index in [1.165, 1.54) is 0 Å². The largest absolute Gasteiger partial charge is 0.493 e. The predicted molar refractivity (Wildman–Crippen MR) is 109 cm³/mol. The van der Waals surface area contributed by atoms with Gasteiger partial charge in [0.1, 0.15) is 12.1 Å². The molecule has 7 heteroatoms. The van der Waals surface area contributed by atoms with E-state index >= 15 is 0 Å². The number of rotatable bonds is 4. The third-order valence-corrected chi connectivity index (χ3v) is 5.21. The molecule has 0 aliphatic carbocycles. The van der Waals surface area contributed by atoms with Gasteiger partial charge in [0.25, 0.3) is 0 Å². The maximum atomic E-state index is 6.35. The lowest BCUT2D eigenvalue weighted by molar-refractivity contribution is 0.356. The van der Waals surface area contributed by atoms with Gasteiger partial charge in [0.2, 0.25) is 0 Å². The normalized spacial score (nSPS) is 14.5. The lowest BCUT2D eigenvalue weighted by atomic mass is 10.1. The van der Waals surface area contributed by atoms with Crippen LogP contribution in [0.4, 0.5) is 11.5 Å². The second-order valence-corrected chi connectivity index (χ2v) is 6.75. The van der Waals surface area contributed by atoms with Crippen molar-refractivity contribution >= 4 is 34.0 Å². The average molecular weight is 385 g/mol. The third kappa shape index (κ3) is 3.32. The van der Waals surface area contributed by atoms with Crippen molar-refractivity contribution in [2.75, 3.05) is 50.2 Å². The minimum Gasteiger partial charge on any atom is -0.493 e. The van der Waals surface area contributed by atoms with E-state index in [4.69, 9.17) is 21.1 Å². The minimum atomic E-state index is 0.665. The van der Waals surface area contributed by atoms with Crippen LogP contribution in [-0.4, -0.2) is 50.4 Å². The Morgan fingerprint density at radius 3 is 2.26 bits per heavy atom. The van der Waals surface area contributed by atoms with E-state index in [1.807, 2.05) is 30.3 Å². The number of ether oxygens (including phenoxy) is 2. The van der Waals surface area contributed by atoms with E-state index in [9.17, 15) is 0 Å². The summed E-state index contributed by atoms with van der Waals surface area (Å²) < 4.78 is 10.8. The smallest absolute Gasteiger partial charge is 0.162 e. The summed E-state index contributed by atoms with van der Waals surface area (Å²) in [5, 5.41) is 1.75. The third-order valence-electron chi connectivity index (χ3n) is 4.89. The van der Waals surface area contributed by atoms with Crippen LogP contribution in [0.5, 0.6) is 11.5 Å². The molecule has 6 nitrogen and oxygen atoms in total. The van der Waals surface area contributed by atoms with Crippen LogP contribution in [0, 0.1) is 0 Å². The Balaban J connectivity index is 1.61. The lowest BCUT2D eigenvalue weighted by Crippen LogP contribution is -2.47. The van der Waals surface area contributed by atoms with E-state index < -0.39 is 0 Å². The molecule has 2 aromatic carbocycles. The monoisotopic (exact) mass is 384 g/mol. The van der Waals surface area contributed by atoms with Gasteiger partial charge in [-0.3, -0.25) is 0 Å². The van der Waals surface area contributed by atoms with Crippen LogP contribution in [0.25, 0.3) is 10.9 Å². The number of fused-ring (bicyclic) bond motifs is 1. The number of aromatic nitrogens is 2. The van der Waals surface area contributed by atoms with Crippen molar-refractivity contribution < 1.29 is 9.47 Å². The van der Waals surface area contributed by atoms with Gasteiger partial charge in [0, 0.05) is 37.6 Å². The Hall–Kier alpha value is -2.73. The van der Waals surface area contributed by atoms with Gasteiger partial charge in [0.05, 0.1) is 30.4 Å². The topological polar surface area (TPSA) is 50.7 Å². The highest BCUT2D eigenvalue weighted by Crippen LogP contribution is 2.35. The van der Waals surface area contributed by atoms with Crippen LogP contribution < -0.4 is 19.3 Å². The molecule has 0 saturated carbocycles. The first-order valence-corrected chi connectivity index (χ1v) is 9.20. The van der Waals surface area contributed by atoms with Crippen LogP contribution in [-0.2, 0) is 0 Å².